The van der Waals surface area contributed by atoms with Gasteiger partial charge in [-0.3, -0.25) is 14.8 Å². The van der Waals surface area contributed by atoms with Crippen LogP contribution in [0.25, 0.3) is 22.0 Å². The number of nitrogens with zero attached hydrogens (tertiary/aromatic N) is 2. The molecule has 1 aromatic heterocycles. The number of amides is 1. The van der Waals surface area contributed by atoms with Gasteiger partial charge in [-0.15, -0.1) is 0 Å². The van der Waals surface area contributed by atoms with Crippen molar-refractivity contribution in [1.29, 1.82) is 0 Å². The average Bonchev–Trinajstić information content (AvgIpc) is 3.53. The highest BCUT2D eigenvalue weighted by Gasteiger charge is 2.20. The standard InChI is InChI=1S/C27H24F2N4O3/c28-21-11-16(14-33-8-2-1-3-9-33)10-19(25(21)29)17-4-6-22-20(12-17)26(32-31-22)27(34)30-18-5-7-23-24(13-18)36-15-35-23/h4-7,10-13H,1-3,8-9,14-15H2,(H,30,34)(H,31,32). The summed E-state index contributed by atoms with van der Waals surface area (Å²) in [7, 11) is 0. The Bertz CT molecular complexity index is 1460. The number of piperidine rings is 1. The minimum Gasteiger partial charge on any atom is -0.454 e. The van der Waals surface area contributed by atoms with E-state index in [0.29, 0.717) is 40.2 Å². The molecule has 36 heavy (non-hydrogen) atoms. The first kappa shape index (κ1) is 22.5. The van der Waals surface area contributed by atoms with Crippen LogP contribution in [0.15, 0.2) is 48.5 Å². The number of rotatable bonds is 5. The number of hydrogen-bond donors (Lipinski definition) is 2. The molecule has 2 N–H and O–H groups in total. The van der Waals surface area contributed by atoms with Gasteiger partial charge in [-0.1, -0.05) is 12.5 Å². The SMILES string of the molecule is O=C(Nc1ccc2c(c1)OCO2)c1n[nH]c2ccc(-c3cc(CN4CCCCC4)cc(F)c3F)cc12. The fraction of sp³-hybridized carbons (Fsp3) is 0.259. The van der Waals surface area contributed by atoms with E-state index in [1.54, 1.807) is 42.5 Å². The van der Waals surface area contributed by atoms with Gasteiger partial charge in [0, 0.05) is 29.2 Å². The number of hydrogen-bond acceptors (Lipinski definition) is 5. The van der Waals surface area contributed by atoms with E-state index in [9.17, 15) is 13.6 Å². The van der Waals surface area contributed by atoms with Crippen molar-refractivity contribution in [3.8, 4) is 22.6 Å². The molecule has 0 atom stereocenters. The van der Waals surface area contributed by atoms with Crippen LogP contribution >= 0.6 is 0 Å². The first-order valence-corrected chi connectivity index (χ1v) is 11.9. The third-order valence-electron chi connectivity index (χ3n) is 6.66. The fourth-order valence-corrected chi connectivity index (χ4v) is 4.84. The molecule has 1 fully saturated rings. The van der Waals surface area contributed by atoms with Crippen LogP contribution in [0.2, 0.25) is 0 Å². The van der Waals surface area contributed by atoms with Gasteiger partial charge >= 0.3 is 0 Å². The lowest BCUT2D eigenvalue weighted by molar-refractivity contribution is 0.102. The van der Waals surface area contributed by atoms with Crippen molar-refractivity contribution in [2.75, 3.05) is 25.2 Å². The summed E-state index contributed by atoms with van der Waals surface area (Å²) in [4.78, 5) is 15.3. The Balaban J connectivity index is 1.30. The molecule has 0 radical (unpaired) electrons. The van der Waals surface area contributed by atoms with E-state index in [-0.39, 0.29) is 18.1 Å². The number of H-pyrrole nitrogens is 1. The molecule has 4 aromatic rings. The lowest BCUT2D eigenvalue weighted by Gasteiger charge is -2.26. The summed E-state index contributed by atoms with van der Waals surface area (Å²) in [6, 6.07) is 13.1. The number of ether oxygens (including phenoxy) is 2. The van der Waals surface area contributed by atoms with Gasteiger partial charge in [0.2, 0.25) is 6.79 Å². The van der Waals surface area contributed by atoms with Crippen LogP contribution in [0.1, 0.15) is 35.3 Å². The molecule has 6 rings (SSSR count). The predicted octanol–water partition coefficient (Wildman–Crippen LogP) is 5.48. The third kappa shape index (κ3) is 4.26. The Kier molecular flexibility index (Phi) is 5.77. The van der Waals surface area contributed by atoms with Gasteiger partial charge in [-0.05, 0) is 73.5 Å². The molecule has 1 saturated heterocycles. The molecule has 184 valence electrons. The average molecular weight is 491 g/mol. The van der Waals surface area contributed by atoms with Crippen molar-refractivity contribution >= 4 is 22.5 Å². The van der Waals surface area contributed by atoms with E-state index in [4.69, 9.17) is 9.47 Å². The van der Waals surface area contributed by atoms with Gasteiger partial charge in [0.15, 0.2) is 28.8 Å². The smallest absolute Gasteiger partial charge is 0.276 e. The summed E-state index contributed by atoms with van der Waals surface area (Å²) in [5.74, 6) is -1.08. The van der Waals surface area contributed by atoms with Crippen molar-refractivity contribution < 1.29 is 23.0 Å². The van der Waals surface area contributed by atoms with Crippen LogP contribution in [-0.4, -0.2) is 40.9 Å². The molecule has 0 aliphatic carbocycles. The molecule has 0 spiro atoms. The fourth-order valence-electron chi connectivity index (χ4n) is 4.84. The molecule has 0 bridgehead atoms. The number of carbonyl (C=O) groups is 1. The van der Waals surface area contributed by atoms with Crippen LogP contribution in [-0.2, 0) is 6.54 Å². The zero-order chi connectivity index (χ0) is 24.6. The molecule has 7 nitrogen and oxygen atoms in total. The van der Waals surface area contributed by atoms with E-state index in [1.807, 2.05) is 0 Å². The maximum atomic E-state index is 14.9. The Morgan fingerprint density at radius 3 is 2.69 bits per heavy atom. The van der Waals surface area contributed by atoms with Crippen LogP contribution < -0.4 is 14.8 Å². The molecular formula is C27H24F2N4O3. The van der Waals surface area contributed by atoms with Crippen LogP contribution in [0.4, 0.5) is 14.5 Å². The largest absolute Gasteiger partial charge is 0.454 e. The number of nitrogens with one attached hydrogen (secondary N) is 2. The quantitative estimate of drug-likeness (QED) is 0.388. The van der Waals surface area contributed by atoms with Crippen LogP contribution in [0, 0.1) is 11.6 Å². The summed E-state index contributed by atoms with van der Waals surface area (Å²) >= 11 is 0. The van der Waals surface area contributed by atoms with Gasteiger partial charge in [-0.2, -0.15) is 5.10 Å². The lowest BCUT2D eigenvalue weighted by atomic mass is 9.99. The number of carbonyl (C=O) groups excluding carboxylic acids is 1. The number of likely N-dealkylation sites (tertiary alicyclic amines) is 1. The summed E-state index contributed by atoms with van der Waals surface area (Å²) in [5, 5.41) is 10.3. The molecule has 9 heteroatoms. The maximum Gasteiger partial charge on any atom is 0.276 e. The summed E-state index contributed by atoms with van der Waals surface area (Å²) < 4.78 is 40.2. The van der Waals surface area contributed by atoms with Crippen molar-refractivity contribution in [3.63, 3.8) is 0 Å². The monoisotopic (exact) mass is 490 g/mol. The molecule has 0 unspecified atom stereocenters. The summed E-state index contributed by atoms with van der Waals surface area (Å²) in [6.07, 6.45) is 3.43. The second kappa shape index (κ2) is 9.23. The maximum absolute atomic E-state index is 14.9. The molecule has 3 aromatic carbocycles. The van der Waals surface area contributed by atoms with Gasteiger partial charge in [0.05, 0.1) is 5.52 Å². The topological polar surface area (TPSA) is 79.5 Å². The van der Waals surface area contributed by atoms with Gasteiger partial charge in [0.1, 0.15) is 0 Å². The van der Waals surface area contributed by atoms with Crippen molar-refractivity contribution in [2.24, 2.45) is 0 Å². The van der Waals surface area contributed by atoms with E-state index < -0.39 is 17.5 Å². The number of halogens is 2. The molecule has 1 amide bonds. The van der Waals surface area contributed by atoms with E-state index >= 15 is 0 Å². The Hall–Kier alpha value is -3.98. The number of anilines is 1. The van der Waals surface area contributed by atoms with E-state index in [1.165, 1.54) is 12.5 Å². The third-order valence-corrected chi connectivity index (χ3v) is 6.66. The first-order chi connectivity index (χ1) is 17.5. The molecule has 3 heterocycles. The minimum absolute atomic E-state index is 0.135. The second-order valence-electron chi connectivity index (χ2n) is 9.13. The minimum atomic E-state index is -0.911. The molecule has 2 aliphatic rings. The molecule has 0 saturated carbocycles. The van der Waals surface area contributed by atoms with E-state index in [2.05, 4.69) is 20.4 Å². The molecule has 2 aliphatic heterocycles. The van der Waals surface area contributed by atoms with Crippen LogP contribution in [0.3, 0.4) is 0 Å². The second-order valence-corrected chi connectivity index (χ2v) is 9.13. The molecular weight excluding hydrogens is 466 g/mol. The number of aromatic nitrogens is 2. The van der Waals surface area contributed by atoms with Gasteiger partial charge in [0.25, 0.3) is 5.91 Å². The van der Waals surface area contributed by atoms with Crippen molar-refractivity contribution in [2.45, 2.75) is 25.8 Å². The zero-order valence-corrected chi connectivity index (χ0v) is 19.4. The highest BCUT2D eigenvalue weighted by atomic mass is 19.2. The highest BCUT2D eigenvalue weighted by molar-refractivity contribution is 6.11. The number of fused-ring (bicyclic) bond motifs is 2. The summed E-state index contributed by atoms with van der Waals surface area (Å²) in [6.45, 7) is 2.62. The van der Waals surface area contributed by atoms with Crippen molar-refractivity contribution in [3.05, 3.63) is 71.4 Å². The Morgan fingerprint density at radius 2 is 1.83 bits per heavy atom. The normalized spacial score (nSPS) is 15.4. The first-order valence-electron chi connectivity index (χ1n) is 11.9. The van der Waals surface area contributed by atoms with Gasteiger partial charge in [-0.25, -0.2) is 8.78 Å². The predicted molar refractivity (Wildman–Crippen MR) is 131 cm³/mol. The summed E-state index contributed by atoms with van der Waals surface area (Å²) in [5.41, 5.74) is 2.63. The Morgan fingerprint density at radius 1 is 1.00 bits per heavy atom. The Labute approximate surface area is 206 Å². The number of aromatic amines is 1. The van der Waals surface area contributed by atoms with E-state index in [0.717, 1.165) is 31.5 Å². The highest BCUT2D eigenvalue weighted by Crippen LogP contribution is 2.35. The lowest BCUT2D eigenvalue weighted by Crippen LogP contribution is -2.29. The zero-order valence-electron chi connectivity index (χ0n) is 19.4. The number of benzene rings is 3. The van der Waals surface area contributed by atoms with Crippen molar-refractivity contribution in [1.82, 2.24) is 15.1 Å². The van der Waals surface area contributed by atoms with Gasteiger partial charge < -0.3 is 14.8 Å². The van der Waals surface area contributed by atoms with Crippen LogP contribution in [0.5, 0.6) is 11.5 Å².